The Morgan fingerprint density at radius 2 is 1.89 bits per heavy atom. The van der Waals surface area contributed by atoms with Crippen LogP contribution in [0.25, 0.3) is 6.08 Å². The van der Waals surface area contributed by atoms with Gasteiger partial charge in [0, 0.05) is 24.7 Å². The summed E-state index contributed by atoms with van der Waals surface area (Å²) >= 11 is 0. The number of fused-ring (bicyclic) bond motifs is 1. The molecule has 0 aromatic heterocycles. The lowest BCUT2D eigenvalue weighted by atomic mass is 9.99. The van der Waals surface area contributed by atoms with Crippen molar-refractivity contribution in [3.63, 3.8) is 0 Å². The van der Waals surface area contributed by atoms with Crippen molar-refractivity contribution in [3.8, 4) is 5.75 Å². The van der Waals surface area contributed by atoms with Crippen molar-refractivity contribution in [1.29, 1.82) is 0 Å². The Kier molecular flexibility index (Phi) is 6.93. The van der Waals surface area contributed by atoms with Crippen LogP contribution in [0.2, 0.25) is 0 Å². The molecule has 1 heterocycles. The highest BCUT2D eigenvalue weighted by atomic mass is 19.1. The van der Waals surface area contributed by atoms with Crippen molar-refractivity contribution in [3.05, 3.63) is 41.2 Å². The second kappa shape index (κ2) is 8.99. The number of aliphatic hydroxyl groups is 2. The number of halogens is 1. The number of aromatic hydroxyl groups is 1. The maximum absolute atomic E-state index is 14.1. The van der Waals surface area contributed by atoms with Crippen molar-refractivity contribution in [1.82, 2.24) is 0 Å². The van der Waals surface area contributed by atoms with Gasteiger partial charge in [0.1, 0.15) is 23.5 Å². The number of benzene rings is 1. The molecule has 0 spiro atoms. The molecule has 4 N–H and O–H groups in total. The summed E-state index contributed by atoms with van der Waals surface area (Å²) in [7, 11) is 1.64. The number of aliphatic hydroxyl groups excluding tert-OH is 2. The van der Waals surface area contributed by atoms with E-state index in [1.807, 2.05) is 0 Å². The van der Waals surface area contributed by atoms with E-state index in [-0.39, 0.29) is 17.7 Å². The van der Waals surface area contributed by atoms with Gasteiger partial charge in [-0.15, -0.1) is 0 Å². The van der Waals surface area contributed by atoms with Gasteiger partial charge in [0.2, 0.25) is 5.78 Å². The van der Waals surface area contributed by atoms with E-state index < -0.39 is 41.8 Å². The number of hydrogen-bond acceptors (Lipinski definition) is 7. The predicted octanol–water partition coefficient (Wildman–Crippen LogP) is 2.18. The fourth-order valence-electron chi connectivity index (χ4n) is 2.71. The van der Waals surface area contributed by atoms with E-state index >= 15 is 0 Å². The van der Waals surface area contributed by atoms with E-state index in [9.17, 15) is 29.3 Å². The monoisotopic (exact) mass is 393 g/mol. The molecule has 2 rings (SSSR count). The molecule has 2 unspecified atom stereocenters. The highest BCUT2D eigenvalue weighted by Crippen LogP contribution is 2.30. The molecule has 0 saturated carbocycles. The van der Waals surface area contributed by atoms with Crippen LogP contribution >= 0.6 is 0 Å². The lowest BCUT2D eigenvalue weighted by Crippen LogP contribution is -2.34. The maximum Gasteiger partial charge on any atom is 0.342 e. The molecular formula is C20H24FNO6. The Labute approximate surface area is 162 Å². The first-order valence-electron chi connectivity index (χ1n) is 8.85. The Bertz CT molecular complexity index is 819. The number of cyclic esters (lactones) is 1. The first-order valence-corrected chi connectivity index (χ1v) is 8.85. The molecule has 28 heavy (non-hydrogen) atoms. The van der Waals surface area contributed by atoms with Gasteiger partial charge in [-0.2, -0.15) is 0 Å². The molecule has 0 bridgehead atoms. The van der Waals surface area contributed by atoms with E-state index in [4.69, 9.17) is 4.74 Å². The van der Waals surface area contributed by atoms with Crippen LogP contribution in [0.1, 0.15) is 36.2 Å². The number of anilines is 1. The number of ketones is 1. The number of rotatable bonds is 1. The van der Waals surface area contributed by atoms with Gasteiger partial charge >= 0.3 is 5.97 Å². The number of nitrogens with one attached hydrogen (secondary N) is 1. The molecule has 0 aliphatic carbocycles. The summed E-state index contributed by atoms with van der Waals surface area (Å²) in [5.41, 5.74) is 0.778. The molecule has 1 aliphatic rings. The van der Waals surface area contributed by atoms with Gasteiger partial charge in [0.05, 0.1) is 6.10 Å². The minimum absolute atomic E-state index is 0.0816. The molecule has 4 atom stereocenters. The van der Waals surface area contributed by atoms with Gasteiger partial charge in [-0.3, -0.25) is 4.79 Å². The molecule has 7 nitrogen and oxygen atoms in total. The minimum atomic E-state index is -1.93. The highest BCUT2D eigenvalue weighted by Gasteiger charge is 2.29. The molecule has 152 valence electrons. The van der Waals surface area contributed by atoms with E-state index in [2.05, 4.69) is 5.32 Å². The van der Waals surface area contributed by atoms with Gasteiger partial charge < -0.3 is 25.4 Å². The van der Waals surface area contributed by atoms with Gasteiger partial charge in [-0.05, 0) is 31.1 Å². The Hall–Kier alpha value is -2.71. The maximum atomic E-state index is 14.1. The Morgan fingerprint density at radius 1 is 1.21 bits per heavy atom. The number of ether oxygens (including phenoxy) is 1. The molecule has 0 fully saturated rings. The second-order valence-electron chi connectivity index (χ2n) is 6.71. The second-order valence-corrected chi connectivity index (χ2v) is 6.71. The van der Waals surface area contributed by atoms with Crippen LogP contribution < -0.4 is 5.32 Å². The first-order chi connectivity index (χ1) is 13.1. The molecule has 1 aromatic rings. The fraction of sp³-hybridized carbons (Fsp3) is 0.400. The lowest BCUT2D eigenvalue weighted by molar-refractivity contribution is -0.130. The molecule has 8 heteroatoms. The molecule has 0 saturated heterocycles. The largest absolute Gasteiger partial charge is 0.507 e. The minimum Gasteiger partial charge on any atom is -0.507 e. The molecule has 0 amide bonds. The highest BCUT2D eigenvalue weighted by molar-refractivity contribution is 5.98. The fourth-order valence-corrected chi connectivity index (χ4v) is 2.71. The summed E-state index contributed by atoms with van der Waals surface area (Å²) in [6.07, 6.45) is -0.667. The number of Topliss-reactive ketones (excluding diaryl/α,β-unsaturated/α-hetero) is 1. The van der Waals surface area contributed by atoms with Crippen LogP contribution in [0.4, 0.5) is 10.1 Å². The summed E-state index contributed by atoms with van der Waals surface area (Å²) in [5, 5.41) is 33.0. The zero-order chi connectivity index (χ0) is 21.0. The summed E-state index contributed by atoms with van der Waals surface area (Å²) < 4.78 is 19.4. The number of carbonyl (C=O) groups excluding carboxylic acids is 2. The Balaban J connectivity index is 2.54. The van der Waals surface area contributed by atoms with Crippen LogP contribution in [0, 0.1) is 5.92 Å². The average molecular weight is 393 g/mol. The topological polar surface area (TPSA) is 116 Å². The normalized spacial score (nSPS) is 29.7. The number of phenols is 1. The molecule has 1 aromatic carbocycles. The van der Waals surface area contributed by atoms with Crippen molar-refractivity contribution in [2.75, 3.05) is 12.4 Å². The zero-order valence-corrected chi connectivity index (χ0v) is 15.8. The third kappa shape index (κ3) is 4.76. The number of hydrogen-bond donors (Lipinski definition) is 4. The van der Waals surface area contributed by atoms with E-state index in [0.717, 1.165) is 6.08 Å². The van der Waals surface area contributed by atoms with E-state index in [1.165, 1.54) is 32.1 Å². The number of phenolic OH excluding ortho intramolecular Hbond substituents is 1. The lowest BCUT2D eigenvalue weighted by Gasteiger charge is -2.20. The molecular weight excluding hydrogens is 369 g/mol. The van der Waals surface area contributed by atoms with Crippen LogP contribution in [-0.2, 0) is 9.53 Å². The quantitative estimate of drug-likeness (QED) is 0.541. The predicted molar refractivity (Wildman–Crippen MR) is 102 cm³/mol. The first kappa shape index (κ1) is 21.6. The van der Waals surface area contributed by atoms with Crippen molar-refractivity contribution >= 4 is 23.5 Å². The summed E-state index contributed by atoms with van der Waals surface area (Å²) in [6, 6.07) is 2.96. The summed E-state index contributed by atoms with van der Waals surface area (Å²) in [5.74, 6) is -4.26. The summed E-state index contributed by atoms with van der Waals surface area (Å²) in [6.45, 7) is 3.05. The van der Waals surface area contributed by atoms with Gasteiger partial charge in [0.15, 0.2) is 5.83 Å². The third-order valence-electron chi connectivity index (χ3n) is 4.63. The van der Waals surface area contributed by atoms with E-state index in [1.54, 1.807) is 13.1 Å². The SMILES string of the molecule is CNc1cc(O)c2c(c1)/C=C/CC(O)C(O)C(=O)/C(F)=C\[C@H](C)[C@H](C)OC2=O. The summed E-state index contributed by atoms with van der Waals surface area (Å²) in [4.78, 5) is 24.5. The number of esters is 1. The van der Waals surface area contributed by atoms with Crippen molar-refractivity contribution < 1.29 is 34.0 Å². The van der Waals surface area contributed by atoms with Crippen molar-refractivity contribution in [2.45, 2.75) is 38.6 Å². The Morgan fingerprint density at radius 3 is 2.54 bits per heavy atom. The van der Waals surface area contributed by atoms with Crippen LogP contribution in [0.5, 0.6) is 5.75 Å². The number of carbonyl (C=O) groups is 2. The smallest absolute Gasteiger partial charge is 0.342 e. The van der Waals surface area contributed by atoms with Crippen LogP contribution in [0.3, 0.4) is 0 Å². The van der Waals surface area contributed by atoms with Gasteiger partial charge in [-0.1, -0.05) is 19.1 Å². The third-order valence-corrected chi connectivity index (χ3v) is 4.63. The van der Waals surface area contributed by atoms with Gasteiger partial charge in [-0.25, -0.2) is 9.18 Å². The van der Waals surface area contributed by atoms with Crippen molar-refractivity contribution in [2.24, 2.45) is 5.92 Å². The average Bonchev–Trinajstić information content (AvgIpc) is 2.65. The molecule has 0 radical (unpaired) electrons. The zero-order valence-electron chi connectivity index (χ0n) is 15.8. The standard InChI is InChI=1S/C20H24FNO6/c1-10-7-14(21)18(25)19(26)15(23)6-4-5-12-8-13(22-3)9-16(24)17(12)20(27)28-11(10)2/h4-5,7-11,15,19,22-24,26H,6H2,1-3H3/b5-4+,14-7+/t10-,11-,15?,19?/m0/s1. The van der Waals surface area contributed by atoms with Crippen LogP contribution in [0.15, 0.2) is 30.1 Å². The van der Waals surface area contributed by atoms with Crippen LogP contribution in [-0.4, -0.2) is 52.4 Å². The molecule has 1 aliphatic heterocycles. The van der Waals surface area contributed by atoms with Gasteiger partial charge in [0.25, 0.3) is 0 Å². The van der Waals surface area contributed by atoms with E-state index in [0.29, 0.717) is 11.3 Å².